The fourth-order valence-corrected chi connectivity index (χ4v) is 3.35. The Morgan fingerprint density at radius 1 is 1.18 bits per heavy atom. The van der Waals surface area contributed by atoms with Crippen LogP contribution in [-0.4, -0.2) is 56.0 Å². The summed E-state index contributed by atoms with van der Waals surface area (Å²) in [6, 6.07) is 8.22. The van der Waals surface area contributed by atoms with E-state index in [2.05, 4.69) is 32.8 Å². The molecule has 3 N–H and O–H groups in total. The van der Waals surface area contributed by atoms with Gasteiger partial charge in [0.15, 0.2) is 5.96 Å². The van der Waals surface area contributed by atoms with Gasteiger partial charge in [0, 0.05) is 44.8 Å². The van der Waals surface area contributed by atoms with Crippen LogP contribution in [0.4, 0.5) is 0 Å². The van der Waals surface area contributed by atoms with E-state index in [4.69, 9.17) is 0 Å². The van der Waals surface area contributed by atoms with Gasteiger partial charge in [0.2, 0.25) is 0 Å². The lowest BCUT2D eigenvalue weighted by molar-refractivity contribution is 0.0953. The van der Waals surface area contributed by atoms with Gasteiger partial charge in [-0.15, -0.1) is 24.0 Å². The predicted octanol–water partition coefficient (Wildman–Crippen LogP) is 2.98. The second kappa shape index (κ2) is 13.8. The first-order valence-corrected chi connectivity index (χ1v) is 10.2. The highest BCUT2D eigenvalue weighted by Crippen LogP contribution is 2.10. The molecule has 1 fully saturated rings. The summed E-state index contributed by atoms with van der Waals surface area (Å²) < 4.78 is 0. The molecule has 1 heterocycles. The standard InChI is InChI=1S/C21H35N5O.HI/c1-4-11-23-20(27)18-8-6-7-17(15-18)16-24-21(22-3)25-19-9-13-26(12-5-2)14-10-19;/h6-8,15,19H,4-5,9-14,16H2,1-3H3,(H,23,27)(H2,22,24,25);1H. The maximum atomic E-state index is 12.1. The van der Waals surface area contributed by atoms with Crippen LogP contribution in [-0.2, 0) is 6.54 Å². The Labute approximate surface area is 187 Å². The van der Waals surface area contributed by atoms with Gasteiger partial charge in [-0.2, -0.15) is 0 Å². The number of likely N-dealkylation sites (tertiary alicyclic amines) is 1. The molecule has 1 aliphatic rings. The highest BCUT2D eigenvalue weighted by Gasteiger charge is 2.19. The zero-order valence-corrected chi connectivity index (χ0v) is 19.8. The van der Waals surface area contributed by atoms with Gasteiger partial charge < -0.3 is 20.9 Å². The van der Waals surface area contributed by atoms with Crippen molar-refractivity contribution in [3.8, 4) is 0 Å². The Balaban J connectivity index is 0.00000392. The number of nitrogens with one attached hydrogen (secondary N) is 3. The van der Waals surface area contributed by atoms with Crippen LogP contribution in [0.25, 0.3) is 0 Å². The van der Waals surface area contributed by atoms with Crippen LogP contribution in [0.3, 0.4) is 0 Å². The average molecular weight is 501 g/mol. The highest BCUT2D eigenvalue weighted by atomic mass is 127. The lowest BCUT2D eigenvalue weighted by Crippen LogP contribution is -2.48. The van der Waals surface area contributed by atoms with E-state index in [-0.39, 0.29) is 29.9 Å². The van der Waals surface area contributed by atoms with Crippen molar-refractivity contribution in [3.63, 3.8) is 0 Å². The summed E-state index contributed by atoms with van der Waals surface area (Å²) in [5.41, 5.74) is 1.77. The van der Waals surface area contributed by atoms with Gasteiger partial charge in [0.25, 0.3) is 5.91 Å². The molecule has 1 aromatic carbocycles. The number of piperidine rings is 1. The summed E-state index contributed by atoms with van der Waals surface area (Å²) in [5, 5.41) is 9.83. The first kappa shape index (κ1) is 24.7. The van der Waals surface area contributed by atoms with E-state index >= 15 is 0 Å². The molecule has 7 heteroatoms. The largest absolute Gasteiger partial charge is 0.354 e. The number of aliphatic imine (C=N–C) groups is 1. The van der Waals surface area contributed by atoms with E-state index in [1.54, 1.807) is 7.05 Å². The SMILES string of the molecule is CCCNC(=O)c1cccc(CNC(=NC)NC2CCN(CCC)CC2)c1.I. The molecule has 158 valence electrons. The minimum atomic E-state index is -0.0138. The second-order valence-corrected chi connectivity index (χ2v) is 7.14. The summed E-state index contributed by atoms with van der Waals surface area (Å²) in [7, 11) is 1.80. The molecule has 0 saturated carbocycles. The third kappa shape index (κ3) is 8.34. The van der Waals surface area contributed by atoms with Crippen molar-refractivity contribution in [2.24, 2.45) is 4.99 Å². The van der Waals surface area contributed by atoms with Crippen LogP contribution < -0.4 is 16.0 Å². The number of amides is 1. The number of guanidine groups is 1. The number of carbonyl (C=O) groups excluding carboxylic acids is 1. The highest BCUT2D eigenvalue weighted by molar-refractivity contribution is 14.0. The van der Waals surface area contributed by atoms with Crippen LogP contribution in [0.15, 0.2) is 29.3 Å². The van der Waals surface area contributed by atoms with Crippen LogP contribution in [0.5, 0.6) is 0 Å². The van der Waals surface area contributed by atoms with Crippen molar-refractivity contribution in [1.82, 2.24) is 20.9 Å². The first-order chi connectivity index (χ1) is 13.2. The van der Waals surface area contributed by atoms with E-state index in [1.165, 1.54) is 13.0 Å². The minimum absolute atomic E-state index is 0. The van der Waals surface area contributed by atoms with Gasteiger partial charge in [0.05, 0.1) is 0 Å². The molecular formula is C21H36IN5O. The summed E-state index contributed by atoms with van der Waals surface area (Å²) >= 11 is 0. The Bertz CT molecular complexity index is 615. The van der Waals surface area contributed by atoms with Gasteiger partial charge in [-0.3, -0.25) is 9.79 Å². The van der Waals surface area contributed by atoms with Crippen LogP contribution in [0.1, 0.15) is 55.5 Å². The van der Waals surface area contributed by atoms with Gasteiger partial charge in [-0.1, -0.05) is 26.0 Å². The third-order valence-corrected chi connectivity index (χ3v) is 4.88. The van der Waals surface area contributed by atoms with Gasteiger partial charge >= 0.3 is 0 Å². The normalized spacial score (nSPS) is 15.6. The monoisotopic (exact) mass is 501 g/mol. The lowest BCUT2D eigenvalue weighted by Gasteiger charge is -2.32. The Hall–Kier alpha value is -1.35. The first-order valence-electron chi connectivity index (χ1n) is 10.2. The molecule has 6 nitrogen and oxygen atoms in total. The molecule has 0 aromatic heterocycles. The molecule has 1 aromatic rings. The van der Waals surface area contributed by atoms with Crippen LogP contribution >= 0.6 is 24.0 Å². The maximum absolute atomic E-state index is 12.1. The van der Waals surface area contributed by atoms with Crippen LogP contribution in [0, 0.1) is 0 Å². The fraction of sp³-hybridized carbons (Fsp3) is 0.619. The minimum Gasteiger partial charge on any atom is -0.354 e. The molecule has 0 atom stereocenters. The summed E-state index contributed by atoms with van der Waals surface area (Å²) in [6.45, 7) is 9.13. The van der Waals surface area contributed by atoms with Crippen molar-refractivity contribution < 1.29 is 4.79 Å². The van der Waals surface area contributed by atoms with E-state index in [1.807, 2.05) is 31.2 Å². The van der Waals surface area contributed by atoms with Crippen LogP contribution in [0.2, 0.25) is 0 Å². The number of nitrogens with zero attached hydrogens (tertiary/aromatic N) is 2. The van der Waals surface area contributed by atoms with E-state index in [0.29, 0.717) is 24.7 Å². The maximum Gasteiger partial charge on any atom is 0.251 e. The molecule has 0 aliphatic carbocycles. The summed E-state index contributed by atoms with van der Waals surface area (Å²) in [6.07, 6.45) is 4.45. The quantitative estimate of drug-likeness (QED) is 0.291. The lowest BCUT2D eigenvalue weighted by atomic mass is 10.1. The number of carbonyl (C=O) groups is 1. The number of benzene rings is 1. The fourth-order valence-electron chi connectivity index (χ4n) is 3.35. The molecule has 1 saturated heterocycles. The van der Waals surface area contributed by atoms with Gasteiger partial charge in [-0.25, -0.2) is 0 Å². The molecule has 1 aliphatic heterocycles. The van der Waals surface area contributed by atoms with Crippen molar-refractivity contribution in [1.29, 1.82) is 0 Å². The van der Waals surface area contributed by atoms with Crippen molar-refractivity contribution >= 4 is 35.8 Å². The molecule has 0 spiro atoms. The second-order valence-electron chi connectivity index (χ2n) is 7.14. The molecule has 0 unspecified atom stereocenters. The smallest absolute Gasteiger partial charge is 0.251 e. The van der Waals surface area contributed by atoms with E-state index < -0.39 is 0 Å². The molecule has 0 bridgehead atoms. The Kier molecular flexibility index (Phi) is 12.1. The van der Waals surface area contributed by atoms with Crippen molar-refractivity contribution in [2.45, 2.75) is 52.1 Å². The number of rotatable bonds is 8. The van der Waals surface area contributed by atoms with E-state index in [9.17, 15) is 4.79 Å². The Morgan fingerprint density at radius 2 is 1.93 bits per heavy atom. The zero-order valence-electron chi connectivity index (χ0n) is 17.5. The number of halogens is 1. The van der Waals surface area contributed by atoms with Gasteiger partial charge in [-0.05, 0) is 49.9 Å². The molecule has 0 radical (unpaired) electrons. The van der Waals surface area contributed by atoms with Crippen molar-refractivity contribution in [2.75, 3.05) is 33.2 Å². The molecular weight excluding hydrogens is 465 g/mol. The zero-order chi connectivity index (χ0) is 19.5. The number of hydrogen-bond acceptors (Lipinski definition) is 3. The van der Waals surface area contributed by atoms with E-state index in [0.717, 1.165) is 43.9 Å². The molecule has 2 rings (SSSR count). The number of hydrogen-bond donors (Lipinski definition) is 3. The van der Waals surface area contributed by atoms with Gasteiger partial charge in [0.1, 0.15) is 0 Å². The average Bonchev–Trinajstić information content (AvgIpc) is 2.71. The predicted molar refractivity (Wildman–Crippen MR) is 128 cm³/mol. The third-order valence-electron chi connectivity index (χ3n) is 4.88. The summed E-state index contributed by atoms with van der Waals surface area (Å²) in [4.78, 5) is 19.0. The molecule has 28 heavy (non-hydrogen) atoms. The van der Waals surface area contributed by atoms with Crippen molar-refractivity contribution in [3.05, 3.63) is 35.4 Å². The Morgan fingerprint density at radius 3 is 2.57 bits per heavy atom. The molecule has 1 amide bonds. The topological polar surface area (TPSA) is 68.8 Å². The summed E-state index contributed by atoms with van der Waals surface area (Å²) in [5.74, 6) is 0.810.